The zero-order valence-electron chi connectivity index (χ0n) is 5.42. The highest BCUT2D eigenvalue weighted by Crippen LogP contribution is 2.18. The van der Waals surface area contributed by atoms with Gasteiger partial charge in [0.05, 0.1) is 18.6 Å². The molecule has 0 bridgehead atoms. The molecule has 0 aromatic rings. The highest BCUT2D eigenvalue weighted by Gasteiger charge is 2.32. The third-order valence-electron chi connectivity index (χ3n) is 1.60. The molecule has 0 aliphatic carbocycles. The van der Waals surface area contributed by atoms with Crippen molar-refractivity contribution in [3.8, 4) is 0 Å². The van der Waals surface area contributed by atoms with Crippen LogP contribution in [-0.2, 0) is 9.53 Å². The van der Waals surface area contributed by atoms with Crippen LogP contribution >= 0.6 is 11.6 Å². The van der Waals surface area contributed by atoms with Crippen molar-refractivity contribution in [1.29, 1.82) is 0 Å². The quantitative estimate of drug-likeness (QED) is 0.467. The Kier molecular flexibility index (Phi) is 2.51. The Morgan fingerprint density at radius 1 is 1.90 bits per heavy atom. The molecule has 0 radical (unpaired) electrons. The van der Waals surface area contributed by atoms with Gasteiger partial charge in [0.1, 0.15) is 0 Å². The minimum absolute atomic E-state index is 0.0970. The molecule has 1 fully saturated rings. The van der Waals surface area contributed by atoms with Crippen molar-refractivity contribution in [3.63, 3.8) is 0 Å². The zero-order valence-corrected chi connectivity index (χ0v) is 6.17. The van der Waals surface area contributed by atoms with E-state index in [1.165, 1.54) is 0 Å². The van der Waals surface area contributed by atoms with E-state index in [0.29, 0.717) is 13.0 Å². The van der Waals surface area contributed by atoms with Crippen LogP contribution in [0.2, 0.25) is 0 Å². The number of aliphatic hydroxyl groups excluding tert-OH is 1. The summed E-state index contributed by atoms with van der Waals surface area (Å²) < 4.78 is 4.63. The minimum atomic E-state index is -0.739. The lowest BCUT2D eigenvalue weighted by atomic mass is 10.0. The third kappa shape index (κ3) is 1.41. The second-order valence-corrected chi connectivity index (χ2v) is 2.59. The van der Waals surface area contributed by atoms with Gasteiger partial charge in [-0.15, -0.1) is 11.6 Å². The minimum Gasteiger partial charge on any atom is -0.465 e. The number of halogens is 1. The topological polar surface area (TPSA) is 46.5 Å². The molecule has 0 aromatic heterocycles. The van der Waals surface area contributed by atoms with Gasteiger partial charge in [-0.2, -0.15) is 0 Å². The molecular formula is C6H9ClO3. The van der Waals surface area contributed by atoms with Crippen molar-refractivity contribution in [2.45, 2.75) is 12.5 Å². The van der Waals surface area contributed by atoms with E-state index in [2.05, 4.69) is 4.74 Å². The monoisotopic (exact) mass is 164 g/mol. The predicted molar refractivity (Wildman–Crippen MR) is 35.8 cm³/mol. The number of hydrogen-bond acceptors (Lipinski definition) is 3. The average Bonchev–Trinajstić information content (AvgIpc) is 2.34. The maximum atomic E-state index is 10.7. The van der Waals surface area contributed by atoms with Gasteiger partial charge in [0, 0.05) is 5.88 Å². The van der Waals surface area contributed by atoms with E-state index in [0.717, 1.165) is 0 Å². The van der Waals surface area contributed by atoms with Gasteiger partial charge in [-0.1, -0.05) is 0 Å². The van der Waals surface area contributed by atoms with Crippen molar-refractivity contribution >= 4 is 17.6 Å². The Bertz CT molecular complexity index is 137. The molecule has 0 saturated carbocycles. The number of ether oxygens (including phenoxy) is 1. The number of carbonyl (C=O) groups is 1. The highest BCUT2D eigenvalue weighted by atomic mass is 35.5. The van der Waals surface area contributed by atoms with Crippen LogP contribution in [0.3, 0.4) is 0 Å². The van der Waals surface area contributed by atoms with Crippen molar-refractivity contribution in [3.05, 3.63) is 0 Å². The Balaban J connectivity index is 2.46. The van der Waals surface area contributed by atoms with E-state index < -0.39 is 12.0 Å². The van der Waals surface area contributed by atoms with Crippen molar-refractivity contribution < 1.29 is 14.6 Å². The fourth-order valence-corrected chi connectivity index (χ4v) is 1.18. The van der Waals surface area contributed by atoms with Gasteiger partial charge in [-0.3, -0.25) is 4.79 Å². The Labute approximate surface area is 63.9 Å². The molecular weight excluding hydrogens is 156 g/mol. The summed E-state index contributed by atoms with van der Waals surface area (Å²) in [6, 6.07) is 0. The van der Waals surface area contributed by atoms with Crippen LogP contribution < -0.4 is 0 Å². The fraction of sp³-hybridized carbons (Fsp3) is 0.833. The second kappa shape index (κ2) is 3.21. The van der Waals surface area contributed by atoms with Gasteiger partial charge in [0.2, 0.25) is 0 Å². The number of hydrogen-bond donors (Lipinski definition) is 1. The molecule has 1 aliphatic heterocycles. The van der Waals surface area contributed by atoms with Gasteiger partial charge in [0.25, 0.3) is 0 Å². The first-order chi connectivity index (χ1) is 4.75. The van der Waals surface area contributed by atoms with E-state index in [9.17, 15) is 4.79 Å². The number of alkyl halides is 1. The van der Waals surface area contributed by atoms with Crippen LogP contribution in [0.5, 0.6) is 0 Å². The summed E-state index contributed by atoms with van der Waals surface area (Å²) in [5.41, 5.74) is 0. The Morgan fingerprint density at radius 2 is 2.60 bits per heavy atom. The van der Waals surface area contributed by atoms with Crippen molar-refractivity contribution in [2.75, 3.05) is 12.5 Å². The summed E-state index contributed by atoms with van der Waals surface area (Å²) in [6.45, 7) is 0.414. The molecule has 58 valence electrons. The highest BCUT2D eigenvalue weighted by molar-refractivity contribution is 6.18. The maximum absolute atomic E-state index is 10.7. The SMILES string of the molecule is O=C1OCC[C@H]1[C@@H](O)CCl. The van der Waals surface area contributed by atoms with E-state index in [1.807, 2.05) is 0 Å². The molecule has 0 unspecified atom stereocenters. The van der Waals surface area contributed by atoms with Gasteiger partial charge in [-0.05, 0) is 6.42 Å². The summed E-state index contributed by atoms with van der Waals surface area (Å²) in [7, 11) is 0. The molecule has 3 nitrogen and oxygen atoms in total. The molecule has 1 N–H and O–H groups in total. The average molecular weight is 165 g/mol. The smallest absolute Gasteiger partial charge is 0.311 e. The van der Waals surface area contributed by atoms with Crippen LogP contribution in [0.1, 0.15) is 6.42 Å². The summed E-state index contributed by atoms with van der Waals surface area (Å²) in [5.74, 6) is -0.620. The fourth-order valence-electron chi connectivity index (χ4n) is 0.968. The number of esters is 1. The first-order valence-electron chi connectivity index (χ1n) is 3.16. The van der Waals surface area contributed by atoms with Crippen LogP contribution in [0, 0.1) is 5.92 Å². The van der Waals surface area contributed by atoms with Gasteiger partial charge in [0.15, 0.2) is 0 Å². The summed E-state index contributed by atoms with van der Waals surface area (Å²) in [4.78, 5) is 10.7. The standard InChI is InChI=1S/C6H9ClO3/c7-3-5(8)4-1-2-10-6(4)9/h4-5,8H,1-3H2/t4-,5-/m0/s1. The van der Waals surface area contributed by atoms with E-state index >= 15 is 0 Å². The Hall–Kier alpha value is -0.280. The molecule has 0 amide bonds. The zero-order chi connectivity index (χ0) is 7.56. The molecule has 1 rings (SSSR count). The first-order valence-corrected chi connectivity index (χ1v) is 3.70. The predicted octanol–water partition coefficient (Wildman–Crippen LogP) is 0.149. The van der Waals surface area contributed by atoms with E-state index in [1.54, 1.807) is 0 Å². The van der Waals surface area contributed by atoms with E-state index in [-0.39, 0.29) is 11.8 Å². The summed E-state index contributed by atoms with van der Waals surface area (Å²) in [5, 5.41) is 9.10. The van der Waals surface area contributed by atoms with Crippen LogP contribution in [0.4, 0.5) is 0 Å². The second-order valence-electron chi connectivity index (χ2n) is 2.28. The lowest BCUT2D eigenvalue weighted by Gasteiger charge is -2.09. The van der Waals surface area contributed by atoms with Gasteiger partial charge < -0.3 is 9.84 Å². The molecule has 10 heavy (non-hydrogen) atoms. The lowest BCUT2D eigenvalue weighted by molar-refractivity contribution is -0.143. The van der Waals surface area contributed by atoms with Crippen molar-refractivity contribution in [2.24, 2.45) is 5.92 Å². The van der Waals surface area contributed by atoms with Crippen LogP contribution in [0.25, 0.3) is 0 Å². The maximum Gasteiger partial charge on any atom is 0.311 e. The third-order valence-corrected chi connectivity index (χ3v) is 1.91. The van der Waals surface area contributed by atoms with Crippen LogP contribution in [0.15, 0.2) is 0 Å². The molecule has 4 heteroatoms. The Morgan fingerprint density at radius 3 is 3.00 bits per heavy atom. The molecule has 1 heterocycles. The van der Waals surface area contributed by atoms with E-state index in [4.69, 9.17) is 16.7 Å². The lowest BCUT2D eigenvalue weighted by Crippen LogP contribution is -2.25. The number of rotatable bonds is 2. The van der Waals surface area contributed by atoms with Gasteiger partial charge in [-0.25, -0.2) is 0 Å². The molecule has 1 aliphatic rings. The number of carbonyl (C=O) groups excluding carboxylic acids is 1. The normalized spacial score (nSPS) is 28.2. The molecule has 1 saturated heterocycles. The molecule has 0 aromatic carbocycles. The molecule has 0 spiro atoms. The first kappa shape index (κ1) is 7.82. The van der Waals surface area contributed by atoms with Gasteiger partial charge >= 0.3 is 5.97 Å². The number of aliphatic hydroxyl groups is 1. The summed E-state index contributed by atoms with van der Waals surface area (Å²) >= 11 is 5.34. The largest absolute Gasteiger partial charge is 0.465 e. The molecule has 2 atom stereocenters. The summed E-state index contributed by atoms with van der Waals surface area (Å²) in [6.07, 6.45) is -0.149. The number of cyclic esters (lactones) is 1. The van der Waals surface area contributed by atoms with Crippen LogP contribution in [-0.4, -0.2) is 29.7 Å². The van der Waals surface area contributed by atoms with Crippen molar-refractivity contribution in [1.82, 2.24) is 0 Å².